The van der Waals surface area contributed by atoms with Gasteiger partial charge >= 0.3 is 0 Å². The molecule has 0 spiro atoms. The molecule has 6 nitrogen and oxygen atoms in total. The van der Waals surface area contributed by atoms with Crippen molar-refractivity contribution in [2.45, 2.75) is 59.3 Å². The minimum absolute atomic E-state index is 0.0731. The topological polar surface area (TPSA) is 79.5 Å². The summed E-state index contributed by atoms with van der Waals surface area (Å²) in [4.78, 5) is 23.6. The summed E-state index contributed by atoms with van der Waals surface area (Å²) >= 11 is 4.99. The highest BCUT2D eigenvalue weighted by atomic mass is 32.1. The number of nitrogens with one attached hydrogen (secondary N) is 3. The first-order valence-corrected chi connectivity index (χ1v) is 9.42. The third-order valence-corrected chi connectivity index (χ3v) is 4.04. The number of hydrazine groups is 1. The van der Waals surface area contributed by atoms with E-state index in [2.05, 4.69) is 23.1 Å². The molecule has 0 bridgehead atoms. The van der Waals surface area contributed by atoms with E-state index >= 15 is 0 Å². The van der Waals surface area contributed by atoms with Crippen LogP contribution in [0.15, 0.2) is 18.2 Å². The summed E-state index contributed by atoms with van der Waals surface area (Å²) in [5.74, 6) is 0.158. The third-order valence-electron chi connectivity index (χ3n) is 3.83. The maximum absolute atomic E-state index is 11.8. The quantitative estimate of drug-likeness (QED) is 0.349. The molecule has 0 unspecified atom stereocenters. The van der Waals surface area contributed by atoms with Crippen LogP contribution in [0.1, 0.15) is 56.6 Å². The van der Waals surface area contributed by atoms with Crippen LogP contribution in [0.2, 0.25) is 0 Å². The van der Waals surface area contributed by atoms with Gasteiger partial charge in [0.15, 0.2) is 11.7 Å². The van der Waals surface area contributed by atoms with Crippen molar-refractivity contribution in [3.8, 4) is 5.75 Å². The fourth-order valence-corrected chi connectivity index (χ4v) is 2.60. The fourth-order valence-electron chi connectivity index (χ4n) is 2.44. The molecule has 0 fully saturated rings. The van der Waals surface area contributed by atoms with E-state index in [1.807, 2.05) is 32.0 Å². The number of ether oxygens (including phenoxy) is 1. The molecule has 0 heterocycles. The SMILES string of the molecule is CCCCCCCC(=O)NC(=S)NNC(=O)COc1c(C)cccc1C. The van der Waals surface area contributed by atoms with Gasteiger partial charge in [-0.2, -0.15) is 0 Å². The Morgan fingerprint density at radius 2 is 1.65 bits per heavy atom. The minimum Gasteiger partial charge on any atom is -0.483 e. The Labute approximate surface area is 161 Å². The van der Waals surface area contributed by atoms with E-state index in [1.54, 1.807) is 0 Å². The molecule has 3 N–H and O–H groups in total. The zero-order valence-corrected chi connectivity index (χ0v) is 16.6. The lowest BCUT2D eigenvalue weighted by molar-refractivity contribution is -0.124. The lowest BCUT2D eigenvalue weighted by Gasteiger charge is -2.13. The Morgan fingerprint density at radius 1 is 1.00 bits per heavy atom. The maximum Gasteiger partial charge on any atom is 0.276 e. The standard InChI is InChI=1S/C19H29N3O3S/c1-4-5-6-7-8-12-16(23)20-19(26)22-21-17(24)13-25-18-14(2)10-9-11-15(18)3/h9-11H,4-8,12-13H2,1-3H3,(H,21,24)(H2,20,22,23,26). The molecule has 0 aromatic heterocycles. The van der Waals surface area contributed by atoms with E-state index in [0.717, 1.165) is 30.4 Å². The van der Waals surface area contributed by atoms with Gasteiger partial charge in [0.05, 0.1) is 0 Å². The van der Waals surface area contributed by atoms with Crippen molar-refractivity contribution >= 4 is 29.1 Å². The number of carbonyl (C=O) groups is 2. The molecule has 0 saturated heterocycles. The number of hydrogen-bond acceptors (Lipinski definition) is 4. The van der Waals surface area contributed by atoms with Crippen LogP contribution in [0, 0.1) is 13.8 Å². The molecule has 0 aliphatic carbocycles. The second kappa shape index (κ2) is 12.2. The van der Waals surface area contributed by atoms with E-state index in [9.17, 15) is 9.59 Å². The molecule has 1 rings (SSSR count). The van der Waals surface area contributed by atoms with E-state index in [0.29, 0.717) is 12.2 Å². The number of para-hydroxylation sites is 1. The number of rotatable bonds is 9. The van der Waals surface area contributed by atoms with Gasteiger partial charge in [0.2, 0.25) is 5.91 Å². The van der Waals surface area contributed by atoms with E-state index in [1.165, 1.54) is 12.8 Å². The van der Waals surface area contributed by atoms with Crippen LogP contribution in [0.25, 0.3) is 0 Å². The Balaban J connectivity index is 2.21. The summed E-state index contributed by atoms with van der Waals surface area (Å²) in [7, 11) is 0. The minimum atomic E-state index is -0.385. The van der Waals surface area contributed by atoms with E-state index < -0.39 is 0 Å². The molecule has 26 heavy (non-hydrogen) atoms. The molecule has 2 amide bonds. The Kier molecular flexibility index (Phi) is 10.3. The van der Waals surface area contributed by atoms with Crippen LogP contribution >= 0.6 is 12.2 Å². The van der Waals surface area contributed by atoms with Crippen LogP contribution in [0.4, 0.5) is 0 Å². The van der Waals surface area contributed by atoms with E-state index in [-0.39, 0.29) is 23.5 Å². The van der Waals surface area contributed by atoms with Gasteiger partial charge < -0.3 is 10.1 Å². The summed E-state index contributed by atoms with van der Waals surface area (Å²) in [5.41, 5.74) is 6.85. The fraction of sp³-hybridized carbons (Fsp3) is 0.526. The van der Waals surface area contributed by atoms with Gasteiger partial charge in [0.25, 0.3) is 5.91 Å². The molecule has 0 atom stereocenters. The molecule has 0 radical (unpaired) electrons. The van der Waals surface area contributed by atoms with Crippen molar-refractivity contribution in [3.05, 3.63) is 29.3 Å². The van der Waals surface area contributed by atoms with Gasteiger partial charge in [-0.3, -0.25) is 20.4 Å². The summed E-state index contributed by atoms with van der Waals surface area (Å²) in [6, 6.07) is 5.78. The van der Waals surface area contributed by atoms with Crippen LogP contribution < -0.4 is 20.9 Å². The number of carbonyl (C=O) groups excluding carboxylic acids is 2. The van der Waals surface area contributed by atoms with Crippen molar-refractivity contribution in [3.63, 3.8) is 0 Å². The third kappa shape index (κ3) is 8.80. The van der Waals surface area contributed by atoms with Crippen molar-refractivity contribution in [2.24, 2.45) is 0 Å². The summed E-state index contributed by atoms with van der Waals surface area (Å²) in [6.45, 7) is 5.85. The Bertz CT molecular complexity index is 600. The number of unbranched alkanes of at least 4 members (excludes halogenated alkanes) is 4. The van der Waals surface area contributed by atoms with Crippen LogP contribution in [0.3, 0.4) is 0 Å². The smallest absolute Gasteiger partial charge is 0.276 e. The number of hydrogen-bond donors (Lipinski definition) is 3. The van der Waals surface area contributed by atoms with Crippen molar-refractivity contribution in [1.29, 1.82) is 0 Å². The van der Waals surface area contributed by atoms with Gasteiger partial charge in [-0.15, -0.1) is 0 Å². The molecule has 1 aromatic rings. The molecule has 1 aromatic carbocycles. The van der Waals surface area contributed by atoms with Crippen LogP contribution in [-0.4, -0.2) is 23.5 Å². The molecular weight excluding hydrogens is 350 g/mol. The number of amides is 2. The maximum atomic E-state index is 11.8. The predicted molar refractivity (Wildman–Crippen MR) is 107 cm³/mol. The number of thiocarbonyl (C=S) groups is 1. The summed E-state index contributed by atoms with van der Waals surface area (Å²) in [6.07, 6.45) is 5.81. The lowest BCUT2D eigenvalue weighted by Crippen LogP contribution is -2.49. The zero-order chi connectivity index (χ0) is 19.4. The zero-order valence-electron chi connectivity index (χ0n) is 15.8. The number of aryl methyl sites for hydroxylation is 2. The monoisotopic (exact) mass is 379 g/mol. The highest BCUT2D eigenvalue weighted by Gasteiger charge is 2.08. The normalized spacial score (nSPS) is 10.1. The average Bonchev–Trinajstić information content (AvgIpc) is 2.59. The van der Waals surface area contributed by atoms with Gasteiger partial charge in [0, 0.05) is 6.42 Å². The molecule has 7 heteroatoms. The lowest BCUT2D eigenvalue weighted by atomic mass is 10.1. The first-order valence-electron chi connectivity index (χ1n) is 9.01. The highest BCUT2D eigenvalue weighted by Crippen LogP contribution is 2.21. The Hall–Kier alpha value is -2.15. The summed E-state index contributed by atoms with van der Waals surface area (Å²) in [5, 5.41) is 2.62. The molecular formula is C19H29N3O3S. The Morgan fingerprint density at radius 3 is 2.31 bits per heavy atom. The molecule has 144 valence electrons. The second-order valence-electron chi connectivity index (χ2n) is 6.22. The number of benzene rings is 1. The molecule has 0 aliphatic rings. The van der Waals surface area contributed by atoms with Crippen LogP contribution in [-0.2, 0) is 9.59 Å². The van der Waals surface area contributed by atoms with Gasteiger partial charge in [-0.05, 0) is 43.6 Å². The van der Waals surface area contributed by atoms with Gasteiger partial charge in [-0.25, -0.2) is 0 Å². The van der Waals surface area contributed by atoms with Gasteiger partial charge in [0.1, 0.15) is 5.75 Å². The average molecular weight is 380 g/mol. The van der Waals surface area contributed by atoms with Crippen molar-refractivity contribution < 1.29 is 14.3 Å². The van der Waals surface area contributed by atoms with Crippen molar-refractivity contribution in [1.82, 2.24) is 16.2 Å². The first kappa shape index (κ1) is 21.9. The van der Waals surface area contributed by atoms with Crippen LogP contribution in [0.5, 0.6) is 5.75 Å². The second-order valence-corrected chi connectivity index (χ2v) is 6.63. The molecule has 0 saturated carbocycles. The van der Waals surface area contributed by atoms with E-state index in [4.69, 9.17) is 17.0 Å². The van der Waals surface area contributed by atoms with Gasteiger partial charge in [-0.1, -0.05) is 50.8 Å². The first-order chi connectivity index (χ1) is 12.4. The summed E-state index contributed by atoms with van der Waals surface area (Å²) < 4.78 is 5.55. The highest BCUT2D eigenvalue weighted by molar-refractivity contribution is 7.80. The predicted octanol–water partition coefficient (Wildman–Crippen LogP) is 3.06. The molecule has 0 aliphatic heterocycles. The van der Waals surface area contributed by atoms with Crippen molar-refractivity contribution in [2.75, 3.05) is 6.61 Å². The largest absolute Gasteiger partial charge is 0.483 e.